The van der Waals surface area contributed by atoms with Gasteiger partial charge in [0.15, 0.2) is 0 Å². The molecule has 35 heavy (non-hydrogen) atoms. The molecule has 1 aliphatic heterocycles. The zero-order chi connectivity index (χ0) is 24.5. The summed E-state index contributed by atoms with van der Waals surface area (Å²) in [5.41, 5.74) is 5.75. The highest BCUT2D eigenvalue weighted by Crippen LogP contribution is 2.27. The zero-order valence-electron chi connectivity index (χ0n) is 21.1. The third-order valence-electron chi connectivity index (χ3n) is 7.19. The summed E-state index contributed by atoms with van der Waals surface area (Å²) in [5, 5.41) is 13.5. The van der Waals surface area contributed by atoms with Crippen molar-refractivity contribution in [2.45, 2.75) is 39.0 Å². The van der Waals surface area contributed by atoms with Crippen LogP contribution in [0.15, 0.2) is 59.3 Å². The minimum Gasteiger partial charge on any atom is -0.492 e. The summed E-state index contributed by atoms with van der Waals surface area (Å²) in [6, 6.07) is 19.2. The van der Waals surface area contributed by atoms with Gasteiger partial charge in [-0.25, -0.2) is 0 Å². The van der Waals surface area contributed by atoms with Gasteiger partial charge in [-0.1, -0.05) is 31.2 Å². The van der Waals surface area contributed by atoms with Gasteiger partial charge in [0.2, 0.25) is 0 Å². The molecule has 4 nitrogen and oxygen atoms in total. The summed E-state index contributed by atoms with van der Waals surface area (Å²) >= 11 is 1.72. The standard InChI is InChI=1S/C30H37N3OS/c1-3-25(27-9-10-28(22-31)24(2)20-27)7-5-12-32-13-15-33(16-14-32)17-18-34-30-8-4-6-26(21-30)29-11-19-35-23-29/h4,6,8-11,19-21,23,25H,3,5,7,12-18H2,1-2H3. The minimum absolute atomic E-state index is 0.582. The first-order chi connectivity index (χ1) is 17.2. The van der Waals surface area contributed by atoms with Crippen LogP contribution in [-0.4, -0.2) is 55.7 Å². The maximum Gasteiger partial charge on any atom is 0.119 e. The molecule has 0 spiro atoms. The first kappa shape index (κ1) is 25.4. The Morgan fingerprint density at radius 2 is 1.80 bits per heavy atom. The van der Waals surface area contributed by atoms with E-state index in [9.17, 15) is 5.26 Å². The van der Waals surface area contributed by atoms with Crippen LogP contribution in [-0.2, 0) is 0 Å². The van der Waals surface area contributed by atoms with E-state index in [0.29, 0.717) is 5.92 Å². The SMILES string of the molecule is CCC(CCCN1CCN(CCOc2cccc(-c3ccsc3)c2)CC1)c1ccc(C#N)c(C)c1. The molecule has 0 saturated carbocycles. The number of thiophene rings is 1. The lowest BCUT2D eigenvalue weighted by Crippen LogP contribution is -2.47. The molecule has 0 bridgehead atoms. The lowest BCUT2D eigenvalue weighted by atomic mass is 9.90. The molecule has 1 fully saturated rings. The van der Waals surface area contributed by atoms with Crippen LogP contribution in [0.5, 0.6) is 5.75 Å². The van der Waals surface area contributed by atoms with Crippen LogP contribution in [0.2, 0.25) is 0 Å². The molecule has 1 unspecified atom stereocenters. The lowest BCUT2D eigenvalue weighted by molar-refractivity contribution is 0.115. The van der Waals surface area contributed by atoms with Crippen LogP contribution in [0, 0.1) is 18.3 Å². The van der Waals surface area contributed by atoms with Gasteiger partial charge in [-0.15, -0.1) is 0 Å². The molecule has 1 atom stereocenters. The van der Waals surface area contributed by atoms with Gasteiger partial charge in [-0.3, -0.25) is 4.90 Å². The number of hydrogen-bond donors (Lipinski definition) is 0. The third kappa shape index (κ3) is 7.18. The van der Waals surface area contributed by atoms with Crippen LogP contribution in [0.4, 0.5) is 0 Å². The normalized spacial score (nSPS) is 15.6. The average molecular weight is 488 g/mol. The highest BCUT2D eigenvalue weighted by Gasteiger charge is 2.17. The summed E-state index contributed by atoms with van der Waals surface area (Å²) in [4.78, 5) is 5.13. The molecule has 3 aromatic rings. The van der Waals surface area contributed by atoms with Gasteiger partial charge >= 0.3 is 0 Å². The summed E-state index contributed by atoms with van der Waals surface area (Å²) in [6.07, 6.45) is 3.58. The average Bonchev–Trinajstić information content (AvgIpc) is 3.43. The molecule has 0 aliphatic carbocycles. The molecule has 4 rings (SSSR count). The number of aryl methyl sites for hydroxylation is 1. The van der Waals surface area contributed by atoms with Crippen molar-refractivity contribution >= 4 is 11.3 Å². The van der Waals surface area contributed by atoms with Gasteiger partial charge in [0, 0.05) is 32.7 Å². The molecular weight excluding hydrogens is 450 g/mol. The van der Waals surface area contributed by atoms with Crippen molar-refractivity contribution in [3.05, 3.63) is 76.0 Å². The molecule has 1 aromatic heterocycles. The summed E-state index contributed by atoms with van der Waals surface area (Å²) in [7, 11) is 0. The fraction of sp³-hybridized carbons (Fsp3) is 0.433. The van der Waals surface area contributed by atoms with Crippen molar-refractivity contribution in [2.24, 2.45) is 0 Å². The van der Waals surface area contributed by atoms with Crippen LogP contribution in [0.3, 0.4) is 0 Å². The second kappa shape index (κ2) is 12.9. The number of nitriles is 1. The van der Waals surface area contributed by atoms with E-state index in [1.165, 1.54) is 36.1 Å². The highest BCUT2D eigenvalue weighted by molar-refractivity contribution is 7.08. The number of piperazine rings is 1. The first-order valence-electron chi connectivity index (χ1n) is 12.9. The molecule has 2 aromatic carbocycles. The predicted octanol–water partition coefficient (Wildman–Crippen LogP) is 6.57. The maximum atomic E-state index is 9.19. The number of benzene rings is 2. The Morgan fingerprint density at radius 1 is 1.00 bits per heavy atom. The molecule has 2 heterocycles. The molecule has 1 saturated heterocycles. The highest BCUT2D eigenvalue weighted by atomic mass is 32.1. The summed E-state index contributed by atoms with van der Waals surface area (Å²) < 4.78 is 6.07. The van der Waals surface area contributed by atoms with Crippen molar-refractivity contribution in [1.29, 1.82) is 5.26 Å². The second-order valence-corrected chi connectivity index (χ2v) is 10.3. The van der Waals surface area contributed by atoms with Crippen molar-refractivity contribution in [1.82, 2.24) is 9.80 Å². The predicted molar refractivity (Wildman–Crippen MR) is 146 cm³/mol. The van der Waals surface area contributed by atoms with E-state index >= 15 is 0 Å². The van der Waals surface area contributed by atoms with Crippen LogP contribution >= 0.6 is 11.3 Å². The Bertz CT molecular complexity index is 1100. The molecule has 5 heteroatoms. The Kier molecular flexibility index (Phi) is 9.36. The maximum absolute atomic E-state index is 9.19. The smallest absolute Gasteiger partial charge is 0.119 e. The van der Waals surface area contributed by atoms with E-state index in [1.54, 1.807) is 11.3 Å². The fourth-order valence-electron chi connectivity index (χ4n) is 4.96. The van der Waals surface area contributed by atoms with E-state index in [1.807, 2.05) is 13.0 Å². The number of hydrogen-bond acceptors (Lipinski definition) is 5. The topological polar surface area (TPSA) is 39.5 Å². The van der Waals surface area contributed by atoms with E-state index in [-0.39, 0.29) is 0 Å². The molecular formula is C30H37N3OS. The Labute approximate surface area is 214 Å². The fourth-order valence-corrected chi connectivity index (χ4v) is 5.62. The van der Waals surface area contributed by atoms with Crippen molar-refractivity contribution < 1.29 is 4.74 Å². The second-order valence-electron chi connectivity index (χ2n) is 9.51. The zero-order valence-corrected chi connectivity index (χ0v) is 21.9. The number of ether oxygens (including phenoxy) is 1. The van der Waals surface area contributed by atoms with Crippen LogP contribution in [0.25, 0.3) is 11.1 Å². The van der Waals surface area contributed by atoms with Gasteiger partial charge in [0.05, 0.1) is 11.6 Å². The molecule has 0 amide bonds. The number of rotatable bonds is 11. The van der Waals surface area contributed by atoms with Gasteiger partial charge in [0.1, 0.15) is 12.4 Å². The monoisotopic (exact) mass is 487 g/mol. The van der Waals surface area contributed by atoms with Crippen molar-refractivity contribution in [3.63, 3.8) is 0 Å². The first-order valence-corrected chi connectivity index (χ1v) is 13.8. The molecule has 184 valence electrons. The van der Waals surface area contributed by atoms with Gasteiger partial charge in [0.25, 0.3) is 0 Å². The van der Waals surface area contributed by atoms with E-state index in [4.69, 9.17) is 4.74 Å². The van der Waals surface area contributed by atoms with Crippen LogP contribution in [0.1, 0.15) is 48.8 Å². The Hall–Kier alpha value is -2.65. The molecule has 0 radical (unpaired) electrons. The lowest BCUT2D eigenvalue weighted by Gasteiger charge is -2.34. The Balaban J connectivity index is 1.14. The van der Waals surface area contributed by atoms with E-state index in [0.717, 1.165) is 62.6 Å². The van der Waals surface area contributed by atoms with Gasteiger partial charge in [-0.2, -0.15) is 16.6 Å². The third-order valence-corrected chi connectivity index (χ3v) is 7.87. The van der Waals surface area contributed by atoms with Crippen molar-refractivity contribution in [2.75, 3.05) is 45.9 Å². The Morgan fingerprint density at radius 3 is 2.49 bits per heavy atom. The van der Waals surface area contributed by atoms with Crippen LogP contribution < -0.4 is 4.74 Å². The van der Waals surface area contributed by atoms with Gasteiger partial charge < -0.3 is 9.64 Å². The summed E-state index contributed by atoms with van der Waals surface area (Å²) in [6.45, 7) is 11.7. The minimum atomic E-state index is 0.582. The number of nitrogens with zero attached hydrogens (tertiary/aromatic N) is 3. The van der Waals surface area contributed by atoms with E-state index < -0.39 is 0 Å². The molecule has 0 N–H and O–H groups in total. The van der Waals surface area contributed by atoms with Crippen molar-refractivity contribution in [3.8, 4) is 22.9 Å². The van der Waals surface area contributed by atoms with E-state index in [2.05, 4.69) is 76.0 Å². The quantitative estimate of drug-likeness (QED) is 0.307. The largest absolute Gasteiger partial charge is 0.492 e. The van der Waals surface area contributed by atoms with Gasteiger partial charge in [-0.05, 0) is 95.9 Å². The molecule has 1 aliphatic rings. The summed E-state index contributed by atoms with van der Waals surface area (Å²) in [5.74, 6) is 1.54.